The van der Waals surface area contributed by atoms with Gasteiger partial charge in [0.15, 0.2) is 0 Å². The Kier molecular flexibility index (Phi) is 10.8. The van der Waals surface area contributed by atoms with E-state index in [1.807, 2.05) is 80.6 Å². The highest BCUT2D eigenvalue weighted by Gasteiger charge is 2.32. The normalized spacial score (nSPS) is 14.4. The molecule has 0 radical (unpaired) electrons. The van der Waals surface area contributed by atoms with Crippen LogP contribution in [0.3, 0.4) is 0 Å². The van der Waals surface area contributed by atoms with Crippen LogP contribution >= 0.6 is 0 Å². The van der Waals surface area contributed by atoms with E-state index in [1.165, 1.54) is 10.6 Å². The first kappa shape index (κ1) is 31.3. The Morgan fingerprint density at radius 3 is 2.05 bits per heavy atom. The van der Waals surface area contributed by atoms with E-state index in [4.69, 9.17) is 0 Å². The molecule has 7 nitrogen and oxygen atoms in total. The van der Waals surface area contributed by atoms with Crippen molar-refractivity contribution in [2.45, 2.75) is 77.4 Å². The Hall–Kier alpha value is -3.65. The number of carbonyl (C=O) groups excluding carboxylic acids is 2. The molecule has 224 valence electrons. The maximum absolute atomic E-state index is 14.0. The molecule has 3 aromatic rings. The fourth-order valence-electron chi connectivity index (χ4n) is 5.53. The predicted molar refractivity (Wildman–Crippen MR) is 169 cm³/mol. The van der Waals surface area contributed by atoms with Crippen LogP contribution in [0.5, 0.6) is 0 Å². The van der Waals surface area contributed by atoms with Crippen LogP contribution in [0, 0.1) is 13.8 Å². The quantitative estimate of drug-likeness (QED) is 0.283. The molecule has 3 aromatic carbocycles. The number of hydrogen-bond acceptors (Lipinski definition) is 4. The summed E-state index contributed by atoms with van der Waals surface area (Å²) in [5, 5.41) is 3.23. The molecule has 0 heterocycles. The number of benzene rings is 3. The highest BCUT2D eigenvalue weighted by molar-refractivity contribution is 7.92. The van der Waals surface area contributed by atoms with E-state index in [9.17, 15) is 18.0 Å². The van der Waals surface area contributed by atoms with Crippen LogP contribution < -0.4 is 9.62 Å². The van der Waals surface area contributed by atoms with E-state index in [-0.39, 0.29) is 30.8 Å². The number of amides is 2. The molecule has 1 aliphatic carbocycles. The van der Waals surface area contributed by atoms with Crippen molar-refractivity contribution in [3.8, 4) is 0 Å². The summed E-state index contributed by atoms with van der Waals surface area (Å²) < 4.78 is 26.6. The summed E-state index contributed by atoms with van der Waals surface area (Å²) in [4.78, 5) is 29.5. The van der Waals surface area contributed by atoms with Gasteiger partial charge in [-0.05, 0) is 56.4 Å². The van der Waals surface area contributed by atoms with E-state index in [0.717, 1.165) is 47.9 Å². The second-order valence-electron chi connectivity index (χ2n) is 11.5. The van der Waals surface area contributed by atoms with Crippen LogP contribution in [0.25, 0.3) is 0 Å². The van der Waals surface area contributed by atoms with E-state index in [2.05, 4.69) is 5.32 Å². The van der Waals surface area contributed by atoms with Crippen LogP contribution in [0.1, 0.15) is 60.8 Å². The minimum absolute atomic E-state index is 0.117. The standard InChI is InChI=1S/C34H43N3O4S/c1-26-15-19-29(20-16-26)25-36(32(24-28-10-5-4-6-11-28)34(39)35-30-12-7-8-13-30)33(38)14-9-23-37(42(3,40)41)31-21-17-27(2)18-22-31/h4-6,10-11,15-22,30,32H,7-9,12-14,23-25H2,1-3H3,(H,35,39)/t32-/m0/s1. The average molecular weight is 590 g/mol. The SMILES string of the molecule is Cc1ccc(CN(C(=O)CCCN(c2ccc(C)cc2)S(C)(=O)=O)[C@@H](Cc2ccccc2)C(=O)NC2CCCC2)cc1. The van der Waals surface area contributed by atoms with Gasteiger partial charge < -0.3 is 10.2 Å². The molecule has 42 heavy (non-hydrogen) atoms. The van der Waals surface area contributed by atoms with Crippen molar-refractivity contribution in [3.63, 3.8) is 0 Å². The second-order valence-corrected chi connectivity index (χ2v) is 13.4. The smallest absolute Gasteiger partial charge is 0.243 e. The van der Waals surface area contributed by atoms with Crippen LogP contribution in [-0.4, -0.2) is 50.0 Å². The van der Waals surface area contributed by atoms with E-state index < -0.39 is 16.1 Å². The van der Waals surface area contributed by atoms with Gasteiger partial charge in [0.2, 0.25) is 21.8 Å². The monoisotopic (exact) mass is 589 g/mol. The lowest BCUT2D eigenvalue weighted by Crippen LogP contribution is -2.52. The first-order valence-electron chi connectivity index (χ1n) is 14.8. The maximum atomic E-state index is 14.0. The van der Waals surface area contributed by atoms with Crippen molar-refractivity contribution in [1.82, 2.24) is 10.2 Å². The zero-order valence-corrected chi connectivity index (χ0v) is 25.8. The largest absolute Gasteiger partial charge is 0.352 e. The van der Waals surface area contributed by atoms with Crippen LogP contribution in [-0.2, 0) is 32.6 Å². The van der Waals surface area contributed by atoms with Crippen molar-refractivity contribution in [1.29, 1.82) is 0 Å². The minimum atomic E-state index is -3.54. The lowest BCUT2D eigenvalue weighted by atomic mass is 10.0. The van der Waals surface area contributed by atoms with Crippen molar-refractivity contribution >= 4 is 27.5 Å². The zero-order chi connectivity index (χ0) is 30.1. The summed E-state index contributed by atoms with van der Waals surface area (Å²) in [7, 11) is -3.54. The topological polar surface area (TPSA) is 86.8 Å². The van der Waals surface area contributed by atoms with Crippen molar-refractivity contribution < 1.29 is 18.0 Å². The summed E-state index contributed by atoms with van der Waals surface area (Å²) in [5.41, 5.74) is 4.65. The number of nitrogens with zero attached hydrogens (tertiary/aromatic N) is 2. The van der Waals surface area contributed by atoms with Gasteiger partial charge in [0.25, 0.3) is 0 Å². The Bertz CT molecular complexity index is 1420. The molecule has 4 rings (SSSR count). The molecule has 1 N–H and O–H groups in total. The Morgan fingerprint density at radius 1 is 0.857 bits per heavy atom. The van der Waals surface area contributed by atoms with Gasteiger partial charge in [-0.15, -0.1) is 0 Å². The van der Waals surface area contributed by atoms with Crippen LogP contribution in [0.15, 0.2) is 78.9 Å². The number of hydrogen-bond donors (Lipinski definition) is 1. The molecule has 2 amide bonds. The zero-order valence-electron chi connectivity index (χ0n) is 25.0. The Balaban J connectivity index is 1.57. The Morgan fingerprint density at radius 2 is 1.45 bits per heavy atom. The molecule has 0 aliphatic heterocycles. The minimum Gasteiger partial charge on any atom is -0.352 e. The third-order valence-electron chi connectivity index (χ3n) is 7.92. The van der Waals surface area contributed by atoms with Crippen molar-refractivity contribution in [2.75, 3.05) is 17.1 Å². The van der Waals surface area contributed by atoms with Crippen LogP contribution in [0.2, 0.25) is 0 Å². The molecular formula is C34H43N3O4S. The summed E-state index contributed by atoms with van der Waals surface area (Å²) in [6, 6.07) is 24.5. The third-order valence-corrected chi connectivity index (χ3v) is 9.11. The average Bonchev–Trinajstić information content (AvgIpc) is 3.47. The van der Waals surface area contributed by atoms with E-state index >= 15 is 0 Å². The number of aryl methyl sites for hydroxylation is 2. The van der Waals surface area contributed by atoms with Crippen LogP contribution in [0.4, 0.5) is 5.69 Å². The molecule has 0 aromatic heterocycles. The number of nitrogens with one attached hydrogen (secondary N) is 1. The number of anilines is 1. The molecule has 1 atom stereocenters. The predicted octanol–water partition coefficient (Wildman–Crippen LogP) is 5.55. The van der Waals surface area contributed by atoms with E-state index in [0.29, 0.717) is 25.1 Å². The first-order valence-corrected chi connectivity index (χ1v) is 16.7. The Labute approximate surface area is 251 Å². The van der Waals surface area contributed by atoms with Gasteiger partial charge in [-0.2, -0.15) is 0 Å². The van der Waals surface area contributed by atoms with Gasteiger partial charge >= 0.3 is 0 Å². The molecule has 1 fully saturated rings. The third kappa shape index (κ3) is 8.92. The number of sulfonamides is 1. The fourth-order valence-corrected chi connectivity index (χ4v) is 6.49. The molecule has 0 bridgehead atoms. The molecule has 8 heteroatoms. The van der Waals surface area contributed by atoms with Gasteiger partial charge in [0.1, 0.15) is 6.04 Å². The van der Waals surface area contributed by atoms with Gasteiger partial charge in [0.05, 0.1) is 11.9 Å². The van der Waals surface area contributed by atoms with E-state index in [1.54, 1.807) is 17.0 Å². The summed E-state index contributed by atoms with van der Waals surface area (Å²) in [6.45, 7) is 4.43. The summed E-state index contributed by atoms with van der Waals surface area (Å²) >= 11 is 0. The summed E-state index contributed by atoms with van der Waals surface area (Å²) in [6.07, 6.45) is 6.12. The second kappa shape index (κ2) is 14.5. The van der Waals surface area contributed by atoms with Gasteiger partial charge in [-0.1, -0.05) is 90.7 Å². The lowest BCUT2D eigenvalue weighted by Gasteiger charge is -2.33. The van der Waals surface area contributed by atoms with Gasteiger partial charge in [-0.3, -0.25) is 13.9 Å². The molecule has 1 saturated carbocycles. The number of rotatable bonds is 13. The van der Waals surface area contributed by atoms with Gasteiger partial charge in [0, 0.05) is 32.0 Å². The van der Waals surface area contributed by atoms with Crippen molar-refractivity contribution in [2.24, 2.45) is 0 Å². The fraction of sp³-hybridized carbons (Fsp3) is 0.412. The molecule has 1 aliphatic rings. The summed E-state index contributed by atoms with van der Waals surface area (Å²) in [5.74, 6) is -0.306. The lowest BCUT2D eigenvalue weighted by molar-refractivity contribution is -0.141. The van der Waals surface area contributed by atoms with Gasteiger partial charge in [-0.25, -0.2) is 8.42 Å². The molecular weight excluding hydrogens is 546 g/mol. The molecule has 0 saturated heterocycles. The molecule has 0 spiro atoms. The maximum Gasteiger partial charge on any atom is 0.243 e. The number of carbonyl (C=O) groups is 2. The highest BCUT2D eigenvalue weighted by atomic mass is 32.2. The first-order chi connectivity index (χ1) is 20.1. The van der Waals surface area contributed by atoms with Crippen molar-refractivity contribution in [3.05, 3.63) is 101 Å². The molecule has 0 unspecified atom stereocenters. The highest BCUT2D eigenvalue weighted by Crippen LogP contribution is 2.22.